The Labute approximate surface area is 153 Å². The number of hydrogen-bond donors (Lipinski definition) is 1. The van der Waals surface area contributed by atoms with Gasteiger partial charge in [0.25, 0.3) is 0 Å². The van der Waals surface area contributed by atoms with E-state index in [4.69, 9.17) is 9.47 Å². The van der Waals surface area contributed by atoms with Gasteiger partial charge in [-0.05, 0) is 37.8 Å². The Morgan fingerprint density at radius 3 is 2.77 bits per heavy atom. The number of ether oxygens (including phenoxy) is 2. The number of nitrogens with zero attached hydrogens (tertiary/aromatic N) is 4. The van der Waals surface area contributed by atoms with Gasteiger partial charge in [-0.2, -0.15) is 5.10 Å². The first-order chi connectivity index (χ1) is 12.7. The topological polar surface area (TPSA) is 81.5 Å². The average Bonchev–Trinajstić information content (AvgIpc) is 3.16. The van der Waals surface area contributed by atoms with E-state index in [1.54, 1.807) is 31.9 Å². The Balaban J connectivity index is 1.53. The first kappa shape index (κ1) is 18.0. The molecule has 8 heteroatoms. The Kier molecular flexibility index (Phi) is 5.93. The van der Waals surface area contributed by atoms with E-state index in [1.165, 1.54) is 0 Å². The maximum atomic E-state index is 12.5. The fourth-order valence-corrected chi connectivity index (χ4v) is 3.14. The highest BCUT2D eigenvalue weighted by molar-refractivity contribution is 5.89. The van der Waals surface area contributed by atoms with Crippen LogP contribution in [0.3, 0.4) is 0 Å². The zero-order chi connectivity index (χ0) is 18.4. The summed E-state index contributed by atoms with van der Waals surface area (Å²) < 4.78 is 12.7. The first-order valence-corrected chi connectivity index (χ1v) is 8.88. The van der Waals surface area contributed by atoms with Crippen LogP contribution in [0.2, 0.25) is 0 Å². The number of aromatic nitrogens is 3. The van der Waals surface area contributed by atoms with Gasteiger partial charge < -0.3 is 19.7 Å². The minimum absolute atomic E-state index is 0.0863. The van der Waals surface area contributed by atoms with Crippen molar-refractivity contribution in [1.82, 2.24) is 19.7 Å². The van der Waals surface area contributed by atoms with Crippen LogP contribution < -0.4 is 14.8 Å². The summed E-state index contributed by atoms with van der Waals surface area (Å²) in [5, 5.41) is 7.09. The molecule has 1 aromatic heterocycles. The maximum Gasteiger partial charge on any atom is 0.321 e. The van der Waals surface area contributed by atoms with Gasteiger partial charge >= 0.3 is 6.03 Å². The minimum Gasteiger partial charge on any atom is -0.493 e. The number of carbonyl (C=O) groups excluding carboxylic acids is 1. The third-order valence-corrected chi connectivity index (χ3v) is 4.53. The van der Waals surface area contributed by atoms with E-state index in [1.807, 2.05) is 22.6 Å². The number of piperidine rings is 1. The van der Waals surface area contributed by atoms with Crippen molar-refractivity contribution < 1.29 is 14.3 Å². The Morgan fingerprint density at radius 1 is 1.31 bits per heavy atom. The molecule has 0 aliphatic carbocycles. The molecule has 2 amide bonds. The molecule has 0 radical (unpaired) electrons. The molecule has 2 aromatic rings. The van der Waals surface area contributed by atoms with Crippen LogP contribution in [0.25, 0.3) is 0 Å². The molecular formula is C18H25N5O3. The lowest BCUT2D eigenvalue weighted by molar-refractivity contribution is 0.175. The van der Waals surface area contributed by atoms with Gasteiger partial charge in [0.15, 0.2) is 11.5 Å². The standard InChI is InChI=1S/C18H25N5O3/c1-3-26-17-10-15(4-5-16(17)25-2)21-18(24)22-8-6-14(7-9-22)11-23-13-19-12-20-23/h4-5,10,12-14H,3,6-9,11H2,1-2H3,(H,21,24). The van der Waals surface area contributed by atoms with Crippen molar-refractivity contribution in [3.63, 3.8) is 0 Å². The van der Waals surface area contributed by atoms with Crippen molar-refractivity contribution in [1.29, 1.82) is 0 Å². The van der Waals surface area contributed by atoms with Crippen LogP contribution in [0.4, 0.5) is 10.5 Å². The molecule has 1 aromatic carbocycles. The van der Waals surface area contributed by atoms with E-state index in [9.17, 15) is 4.79 Å². The number of anilines is 1. The minimum atomic E-state index is -0.0863. The van der Waals surface area contributed by atoms with Crippen molar-refractivity contribution in [3.8, 4) is 11.5 Å². The van der Waals surface area contributed by atoms with Gasteiger partial charge in [0.2, 0.25) is 0 Å². The molecule has 0 atom stereocenters. The van der Waals surface area contributed by atoms with Crippen LogP contribution in [0, 0.1) is 5.92 Å². The number of hydrogen-bond acceptors (Lipinski definition) is 5. The second kappa shape index (κ2) is 8.55. The van der Waals surface area contributed by atoms with E-state index < -0.39 is 0 Å². The van der Waals surface area contributed by atoms with Crippen molar-refractivity contribution in [2.75, 3.05) is 32.1 Å². The molecule has 1 N–H and O–H groups in total. The molecule has 0 saturated carbocycles. The number of methoxy groups -OCH3 is 1. The third kappa shape index (κ3) is 4.44. The smallest absolute Gasteiger partial charge is 0.321 e. The summed E-state index contributed by atoms with van der Waals surface area (Å²) in [4.78, 5) is 18.3. The van der Waals surface area contributed by atoms with E-state index in [-0.39, 0.29) is 6.03 Å². The Morgan fingerprint density at radius 2 is 2.12 bits per heavy atom. The second-order valence-corrected chi connectivity index (χ2v) is 6.28. The van der Waals surface area contributed by atoms with Gasteiger partial charge in [-0.15, -0.1) is 0 Å². The van der Waals surface area contributed by atoms with E-state index in [2.05, 4.69) is 15.4 Å². The van der Waals surface area contributed by atoms with E-state index >= 15 is 0 Å². The SMILES string of the molecule is CCOc1cc(NC(=O)N2CCC(Cn3cncn3)CC2)ccc1OC. The van der Waals surface area contributed by atoms with Gasteiger partial charge in [-0.25, -0.2) is 9.78 Å². The molecule has 1 aliphatic rings. The number of carbonyl (C=O) groups is 1. The average molecular weight is 359 g/mol. The highest BCUT2D eigenvalue weighted by atomic mass is 16.5. The molecule has 0 bridgehead atoms. The molecule has 0 spiro atoms. The lowest BCUT2D eigenvalue weighted by atomic mass is 9.97. The molecule has 3 rings (SSSR count). The molecule has 8 nitrogen and oxygen atoms in total. The predicted molar refractivity (Wildman–Crippen MR) is 97.5 cm³/mol. The summed E-state index contributed by atoms with van der Waals surface area (Å²) >= 11 is 0. The van der Waals surface area contributed by atoms with Gasteiger partial charge in [-0.3, -0.25) is 4.68 Å². The highest BCUT2D eigenvalue weighted by Crippen LogP contribution is 2.30. The highest BCUT2D eigenvalue weighted by Gasteiger charge is 2.23. The first-order valence-electron chi connectivity index (χ1n) is 8.88. The second-order valence-electron chi connectivity index (χ2n) is 6.28. The molecule has 26 heavy (non-hydrogen) atoms. The molecule has 2 heterocycles. The van der Waals surface area contributed by atoms with Gasteiger partial charge in [0, 0.05) is 31.4 Å². The van der Waals surface area contributed by atoms with Crippen molar-refractivity contribution in [2.24, 2.45) is 5.92 Å². The van der Waals surface area contributed by atoms with Gasteiger partial charge in [-0.1, -0.05) is 0 Å². The monoisotopic (exact) mass is 359 g/mol. The molecule has 140 valence electrons. The van der Waals surface area contributed by atoms with Crippen molar-refractivity contribution in [2.45, 2.75) is 26.3 Å². The summed E-state index contributed by atoms with van der Waals surface area (Å²) in [6, 6.07) is 5.32. The predicted octanol–water partition coefficient (Wildman–Crippen LogP) is 2.63. The van der Waals surface area contributed by atoms with Crippen molar-refractivity contribution in [3.05, 3.63) is 30.9 Å². The number of nitrogens with one attached hydrogen (secondary N) is 1. The largest absolute Gasteiger partial charge is 0.493 e. The van der Waals surface area contributed by atoms with Gasteiger partial charge in [0.1, 0.15) is 12.7 Å². The number of urea groups is 1. The normalized spacial score (nSPS) is 14.9. The zero-order valence-electron chi connectivity index (χ0n) is 15.2. The summed E-state index contributed by atoms with van der Waals surface area (Å²) in [6.07, 6.45) is 5.20. The van der Waals surface area contributed by atoms with Crippen LogP contribution in [0.5, 0.6) is 11.5 Å². The summed E-state index contributed by atoms with van der Waals surface area (Å²) in [5.74, 6) is 1.80. The summed E-state index contributed by atoms with van der Waals surface area (Å²) in [5.41, 5.74) is 0.698. The lowest BCUT2D eigenvalue weighted by Gasteiger charge is -2.32. The molecule has 0 unspecified atom stereocenters. The molecule has 1 aliphatic heterocycles. The van der Waals surface area contributed by atoms with Gasteiger partial charge in [0.05, 0.1) is 13.7 Å². The fourth-order valence-electron chi connectivity index (χ4n) is 3.14. The lowest BCUT2D eigenvalue weighted by Crippen LogP contribution is -2.41. The molecule has 1 fully saturated rings. The van der Waals surface area contributed by atoms with Crippen LogP contribution in [-0.2, 0) is 6.54 Å². The van der Waals surface area contributed by atoms with Crippen LogP contribution >= 0.6 is 0 Å². The quantitative estimate of drug-likeness (QED) is 0.857. The van der Waals surface area contributed by atoms with Crippen LogP contribution in [0.1, 0.15) is 19.8 Å². The molecular weight excluding hydrogens is 334 g/mol. The Bertz CT molecular complexity index is 712. The third-order valence-electron chi connectivity index (χ3n) is 4.53. The summed E-state index contributed by atoms with van der Waals surface area (Å²) in [7, 11) is 1.60. The van der Waals surface area contributed by atoms with E-state index in [0.29, 0.717) is 29.7 Å². The van der Waals surface area contributed by atoms with E-state index in [0.717, 1.165) is 32.5 Å². The number of amides is 2. The number of rotatable bonds is 6. The Hall–Kier alpha value is -2.77. The summed E-state index contributed by atoms with van der Waals surface area (Å²) in [6.45, 7) is 4.77. The zero-order valence-corrected chi connectivity index (χ0v) is 15.2. The number of benzene rings is 1. The fraction of sp³-hybridized carbons (Fsp3) is 0.500. The molecule has 1 saturated heterocycles. The van der Waals surface area contributed by atoms with Crippen molar-refractivity contribution >= 4 is 11.7 Å². The van der Waals surface area contributed by atoms with Crippen LogP contribution in [-0.4, -0.2) is 52.5 Å². The number of likely N-dealkylation sites (tertiary alicyclic amines) is 1. The van der Waals surface area contributed by atoms with Crippen LogP contribution in [0.15, 0.2) is 30.9 Å². The maximum absolute atomic E-state index is 12.5.